The molecule has 0 radical (unpaired) electrons. The monoisotopic (exact) mass is 220 g/mol. The van der Waals surface area contributed by atoms with Gasteiger partial charge in [0, 0.05) is 0 Å². The Morgan fingerprint density at radius 2 is 2.12 bits per heavy atom. The lowest BCUT2D eigenvalue weighted by atomic mass is 10.2. The number of benzene rings is 1. The quantitative estimate of drug-likeness (QED) is 0.755. The first-order chi connectivity index (χ1) is 7.63. The van der Waals surface area contributed by atoms with E-state index < -0.39 is 12.0 Å². The molecule has 1 atom stereocenters. The lowest BCUT2D eigenvalue weighted by molar-refractivity contribution is -0.139. The van der Waals surface area contributed by atoms with E-state index >= 15 is 0 Å². The van der Waals surface area contributed by atoms with Gasteiger partial charge in [0.2, 0.25) is 0 Å². The first kappa shape index (κ1) is 12.0. The number of carboxylic acid groups (broad SMARTS) is 1. The fourth-order valence-corrected chi connectivity index (χ4v) is 1.05. The van der Waals surface area contributed by atoms with E-state index in [9.17, 15) is 4.79 Å². The summed E-state index contributed by atoms with van der Waals surface area (Å²) in [4.78, 5) is 10.4. The van der Waals surface area contributed by atoms with Crippen LogP contribution in [0.15, 0.2) is 24.3 Å². The molecule has 5 heteroatoms. The lowest BCUT2D eigenvalue weighted by Gasteiger charge is -2.09. The van der Waals surface area contributed by atoms with Crippen molar-refractivity contribution in [3.05, 3.63) is 29.8 Å². The van der Waals surface area contributed by atoms with Gasteiger partial charge in [0.1, 0.15) is 18.4 Å². The minimum atomic E-state index is -1.10. The molecule has 84 valence electrons. The molecule has 0 aromatic heterocycles. The number of carbonyl (C=O) groups is 1. The average molecular weight is 220 g/mol. The third-order valence-corrected chi connectivity index (χ3v) is 1.95. The van der Waals surface area contributed by atoms with E-state index in [1.807, 2.05) is 6.07 Å². The molecule has 0 spiro atoms. The summed E-state index contributed by atoms with van der Waals surface area (Å²) < 4.78 is 5.17. The molecule has 0 heterocycles. The normalized spacial score (nSPS) is 11.5. The smallest absolute Gasteiger partial charge is 0.324 e. The maximum atomic E-state index is 10.4. The first-order valence-electron chi connectivity index (χ1n) is 4.70. The van der Waals surface area contributed by atoms with E-state index in [-0.39, 0.29) is 6.61 Å². The molecular formula is C11H12N2O3. The van der Waals surface area contributed by atoms with Crippen LogP contribution in [0, 0.1) is 11.3 Å². The summed E-state index contributed by atoms with van der Waals surface area (Å²) in [6, 6.07) is 7.87. The fourth-order valence-electron chi connectivity index (χ4n) is 1.05. The number of aliphatic carboxylic acids is 1. The summed E-state index contributed by atoms with van der Waals surface area (Å²) in [6.07, 6.45) is 0.342. The topological polar surface area (TPSA) is 96.3 Å². The van der Waals surface area contributed by atoms with Gasteiger partial charge in [0.25, 0.3) is 0 Å². The minimum Gasteiger partial charge on any atom is -0.491 e. The van der Waals surface area contributed by atoms with E-state index in [4.69, 9.17) is 20.8 Å². The highest BCUT2D eigenvalue weighted by molar-refractivity contribution is 5.73. The first-order valence-corrected chi connectivity index (χ1v) is 4.70. The van der Waals surface area contributed by atoms with Crippen molar-refractivity contribution in [1.82, 2.24) is 0 Å². The molecule has 0 fully saturated rings. The largest absolute Gasteiger partial charge is 0.491 e. The van der Waals surface area contributed by atoms with E-state index in [2.05, 4.69) is 0 Å². The number of carboxylic acids is 1. The number of hydrogen-bond donors (Lipinski definition) is 2. The highest BCUT2D eigenvalue weighted by Crippen LogP contribution is 2.12. The van der Waals surface area contributed by atoms with Gasteiger partial charge in [-0.25, -0.2) is 0 Å². The fraction of sp³-hybridized carbons (Fsp3) is 0.273. The maximum absolute atomic E-state index is 10.4. The van der Waals surface area contributed by atoms with Crippen LogP contribution in [0.5, 0.6) is 5.75 Å². The Bertz CT molecular complexity index is 395. The van der Waals surface area contributed by atoms with Crippen molar-refractivity contribution in [3.63, 3.8) is 0 Å². The zero-order chi connectivity index (χ0) is 12.0. The molecule has 3 N–H and O–H groups in total. The molecule has 0 aliphatic rings. The second-order valence-electron chi connectivity index (χ2n) is 3.23. The van der Waals surface area contributed by atoms with Crippen molar-refractivity contribution in [2.45, 2.75) is 12.5 Å². The third kappa shape index (κ3) is 3.59. The van der Waals surface area contributed by atoms with Gasteiger partial charge in [-0.15, -0.1) is 0 Å². The molecule has 1 aromatic carbocycles. The molecule has 0 aliphatic heterocycles. The maximum Gasteiger partial charge on any atom is 0.324 e. The van der Waals surface area contributed by atoms with Gasteiger partial charge in [0.05, 0.1) is 12.5 Å². The van der Waals surface area contributed by atoms with E-state index in [1.54, 1.807) is 24.3 Å². The standard InChI is InChI=1S/C11H12N2O3/c12-6-5-8-1-3-9(4-2-8)16-7-10(13)11(14)15/h1-4,10H,5,7,13H2,(H,14,15). The van der Waals surface area contributed by atoms with Crippen molar-refractivity contribution in [1.29, 1.82) is 5.26 Å². The number of nitriles is 1. The zero-order valence-corrected chi connectivity index (χ0v) is 8.59. The van der Waals surface area contributed by atoms with Crippen molar-refractivity contribution >= 4 is 5.97 Å². The van der Waals surface area contributed by atoms with Crippen LogP contribution in [0.1, 0.15) is 5.56 Å². The molecule has 0 bridgehead atoms. The summed E-state index contributed by atoms with van der Waals surface area (Å²) in [7, 11) is 0. The van der Waals surface area contributed by atoms with Crippen molar-refractivity contribution < 1.29 is 14.6 Å². The highest BCUT2D eigenvalue weighted by atomic mass is 16.5. The predicted octanol–water partition coefficient (Wildman–Crippen LogP) is 0.543. The van der Waals surface area contributed by atoms with Crippen LogP contribution < -0.4 is 10.5 Å². The van der Waals surface area contributed by atoms with Crippen LogP contribution in [0.4, 0.5) is 0 Å². The van der Waals surface area contributed by atoms with Crippen LogP contribution in [0.2, 0.25) is 0 Å². The van der Waals surface area contributed by atoms with Gasteiger partial charge in [-0.1, -0.05) is 12.1 Å². The molecule has 0 amide bonds. The van der Waals surface area contributed by atoms with Crippen LogP contribution in [-0.4, -0.2) is 23.7 Å². The van der Waals surface area contributed by atoms with E-state index in [0.717, 1.165) is 5.56 Å². The number of rotatable bonds is 5. The molecule has 1 rings (SSSR count). The Morgan fingerprint density at radius 3 is 2.62 bits per heavy atom. The number of nitrogens with zero attached hydrogens (tertiary/aromatic N) is 1. The van der Waals surface area contributed by atoms with Gasteiger partial charge in [-0.2, -0.15) is 5.26 Å². The van der Waals surface area contributed by atoms with E-state index in [1.165, 1.54) is 0 Å². The van der Waals surface area contributed by atoms with Gasteiger partial charge in [-0.05, 0) is 17.7 Å². The number of hydrogen-bond acceptors (Lipinski definition) is 4. The van der Waals surface area contributed by atoms with Crippen molar-refractivity contribution in [3.8, 4) is 11.8 Å². The van der Waals surface area contributed by atoms with Crippen LogP contribution in [0.3, 0.4) is 0 Å². The summed E-state index contributed by atoms with van der Waals surface area (Å²) in [5.74, 6) is -0.556. The summed E-state index contributed by atoms with van der Waals surface area (Å²) in [6.45, 7) is -0.0765. The van der Waals surface area contributed by atoms with Gasteiger partial charge in [0.15, 0.2) is 0 Å². The Kier molecular flexibility index (Phi) is 4.30. The third-order valence-electron chi connectivity index (χ3n) is 1.95. The summed E-state index contributed by atoms with van der Waals surface area (Å²) in [5.41, 5.74) is 6.16. The molecule has 1 unspecified atom stereocenters. The van der Waals surface area contributed by atoms with Crippen molar-refractivity contribution in [2.24, 2.45) is 5.73 Å². The Morgan fingerprint density at radius 1 is 1.50 bits per heavy atom. The molecule has 5 nitrogen and oxygen atoms in total. The molecule has 0 saturated heterocycles. The zero-order valence-electron chi connectivity index (χ0n) is 8.59. The predicted molar refractivity (Wildman–Crippen MR) is 56.9 cm³/mol. The van der Waals surface area contributed by atoms with E-state index in [0.29, 0.717) is 12.2 Å². The number of nitrogens with two attached hydrogens (primary N) is 1. The van der Waals surface area contributed by atoms with Crippen molar-refractivity contribution in [2.75, 3.05) is 6.61 Å². The Hall–Kier alpha value is -2.06. The second-order valence-corrected chi connectivity index (χ2v) is 3.23. The Balaban J connectivity index is 2.50. The molecule has 0 saturated carbocycles. The summed E-state index contributed by atoms with van der Waals surface area (Å²) >= 11 is 0. The molecular weight excluding hydrogens is 208 g/mol. The van der Waals surface area contributed by atoms with Gasteiger partial charge >= 0.3 is 5.97 Å². The minimum absolute atomic E-state index is 0.0765. The van der Waals surface area contributed by atoms with Crippen LogP contribution >= 0.6 is 0 Å². The van der Waals surface area contributed by atoms with Gasteiger partial charge in [-0.3, -0.25) is 4.79 Å². The second kappa shape index (κ2) is 5.73. The SMILES string of the molecule is N#CCc1ccc(OCC(N)C(=O)O)cc1. The van der Waals surface area contributed by atoms with Crippen LogP contribution in [-0.2, 0) is 11.2 Å². The average Bonchev–Trinajstić information content (AvgIpc) is 2.28. The van der Waals surface area contributed by atoms with Gasteiger partial charge < -0.3 is 15.6 Å². The number of ether oxygens (including phenoxy) is 1. The lowest BCUT2D eigenvalue weighted by Crippen LogP contribution is -2.36. The summed E-state index contributed by atoms with van der Waals surface area (Å²) in [5, 5.41) is 17.0. The van der Waals surface area contributed by atoms with Crippen LogP contribution in [0.25, 0.3) is 0 Å². The Labute approximate surface area is 93.1 Å². The highest BCUT2D eigenvalue weighted by Gasteiger charge is 2.11. The molecule has 1 aromatic rings. The molecule has 16 heavy (non-hydrogen) atoms. The molecule has 0 aliphatic carbocycles.